The van der Waals surface area contributed by atoms with Gasteiger partial charge in [0.05, 0.1) is 6.10 Å². The van der Waals surface area contributed by atoms with Crippen LogP contribution in [0.3, 0.4) is 0 Å². The number of hydrogen-bond donors (Lipinski definition) is 2. The molecule has 2 aliphatic rings. The molecule has 0 bridgehead atoms. The lowest BCUT2D eigenvalue weighted by Crippen LogP contribution is -2.38. The summed E-state index contributed by atoms with van der Waals surface area (Å²) in [6.45, 7) is 6.47. The fourth-order valence-electron chi connectivity index (χ4n) is 3.42. The van der Waals surface area contributed by atoms with Gasteiger partial charge in [0, 0.05) is 25.6 Å². The third kappa shape index (κ3) is 4.66. The molecule has 0 radical (unpaired) electrons. The molecular formula is C16H31N3O2. The fraction of sp³-hybridized carbons (Fsp3) is 0.938. The van der Waals surface area contributed by atoms with Crippen LogP contribution in [0.15, 0.2) is 0 Å². The van der Waals surface area contributed by atoms with Gasteiger partial charge < -0.3 is 20.3 Å². The van der Waals surface area contributed by atoms with Crippen LogP contribution < -0.4 is 10.6 Å². The van der Waals surface area contributed by atoms with Gasteiger partial charge in [0.1, 0.15) is 0 Å². The SMILES string of the molecule is CCOC(CCN(C)C)CNC(=O)C1CC12CCNCC2. The molecule has 1 saturated carbocycles. The molecule has 1 aliphatic heterocycles. The Balaban J connectivity index is 1.72. The predicted molar refractivity (Wildman–Crippen MR) is 84.2 cm³/mol. The van der Waals surface area contributed by atoms with Crippen molar-refractivity contribution in [2.24, 2.45) is 11.3 Å². The third-order valence-electron chi connectivity index (χ3n) is 4.91. The number of nitrogens with one attached hydrogen (secondary N) is 2. The van der Waals surface area contributed by atoms with Crippen molar-refractivity contribution in [3.63, 3.8) is 0 Å². The Hall–Kier alpha value is -0.650. The molecule has 2 unspecified atom stereocenters. The van der Waals surface area contributed by atoms with Gasteiger partial charge in [-0.1, -0.05) is 0 Å². The average Bonchev–Trinajstić information content (AvgIpc) is 3.15. The first kappa shape index (κ1) is 16.7. The second-order valence-electron chi connectivity index (χ2n) is 6.78. The Bertz CT molecular complexity index is 340. The molecule has 0 aromatic rings. The smallest absolute Gasteiger partial charge is 0.223 e. The van der Waals surface area contributed by atoms with Crippen LogP contribution in [-0.2, 0) is 9.53 Å². The monoisotopic (exact) mass is 297 g/mol. The van der Waals surface area contributed by atoms with E-state index in [1.165, 1.54) is 0 Å². The lowest BCUT2D eigenvalue weighted by atomic mass is 9.92. The molecule has 1 aliphatic carbocycles. The van der Waals surface area contributed by atoms with E-state index in [2.05, 4.69) is 29.6 Å². The second kappa shape index (κ2) is 7.56. The van der Waals surface area contributed by atoms with Crippen LogP contribution in [0.1, 0.15) is 32.6 Å². The number of hydrogen-bond acceptors (Lipinski definition) is 4. The standard InChI is InChI=1S/C16H31N3O2/c1-4-21-13(5-10-19(2)3)12-18-15(20)14-11-16(14)6-8-17-9-7-16/h13-14,17H,4-12H2,1-3H3,(H,18,20). The van der Waals surface area contributed by atoms with Crippen molar-refractivity contribution in [2.45, 2.75) is 38.7 Å². The molecule has 2 rings (SSSR count). The Morgan fingerprint density at radius 1 is 1.43 bits per heavy atom. The number of piperidine rings is 1. The summed E-state index contributed by atoms with van der Waals surface area (Å²) in [5, 5.41) is 6.50. The van der Waals surface area contributed by atoms with Crippen molar-refractivity contribution in [1.82, 2.24) is 15.5 Å². The van der Waals surface area contributed by atoms with Crippen molar-refractivity contribution in [1.29, 1.82) is 0 Å². The van der Waals surface area contributed by atoms with Crippen LogP contribution >= 0.6 is 0 Å². The summed E-state index contributed by atoms with van der Waals surface area (Å²) in [6.07, 6.45) is 4.48. The van der Waals surface area contributed by atoms with Crippen LogP contribution in [0.2, 0.25) is 0 Å². The Kier molecular flexibility index (Phi) is 6.02. The van der Waals surface area contributed by atoms with Gasteiger partial charge in [0.2, 0.25) is 5.91 Å². The molecule has 5 heteroatoms. The number of carbonyl (C=O) groups is 1. The summed E-state index contributed by atoms with van der Waals surface area (Å²) in [4.78, 5) is 14.5. The molecule has 1 heterocycles. The first-order valence-electron chi connectivity index (χ1n) is 8.32. The lowest BCUT2D eigenvalue weighted by Gasteiger charge is -2.24. The molecule has 1 saturated heterocycles. The Labute approximate surface area is 128 Å². The van der Waals surface area contributed by atoms with E-state index in [0.29, 0.717) is 18.6 Å². The molecule has 21 heavy (non-hydrogen) atoms. The van der Waals surface area contributed by atoms with E-state index in [-0.39, 0.29) is 17.9 Å². The van der Waals surface area contributed by atoms with E-state index in [1.54, 1.807) is 0 Å². The molecule has 5 nitrogen and oxygen atoms in total. The highest BCUT2D eigenvalue weighted by atomic mass is 16.5. The molecule has 2 atom stereocenters. The van der Waals surface area contributed by atoms with Crippen molar-refractivity contribution in [3.05, 3.63) is 0 Å². The van der Waals surface area contributed by atoms with Crippen LogP contribution in [-0.4, -0.2) is 63.8 Å². The zero-order valence-electron chi connectivity index (χ0n) is 13.8. The van der Waals surface area contributed by atoms with E-state index in [0.717, 1.165) is 45.3 Å². The largest absolute Gasteiger partial charge is 0.377 e. The van der Waals surface area contributed by atoms with Gasteiger partial charge in [-0.25, -0.2) is 0 Å². The first-order chi connectivity index (χ1) is 10.1. The third-order valence-corrected chi connectivity index (χ3v) is 4.91. The highest BCUT2D eigenvalue weighted by Crippen LogP contribution is 2.58. The van der Waals surface area contributed by atoms with E-state index >= 15 is 0 Å². The summed E-state index contributed by atoms with van der Waals surface area (Å²) in [7, 11) is 4.12. The molecule has 2 N–H and O–H groups in total. The summed E-state index contributed by atoms with van der Waals surface area (Å²) >= 11 is 0. The number of carbonyl (C=O) groups excluding carboxylic acids is 1. The van der Waals surface area contributed by atoms with Gasteiger partial charge in [-0.15, -0.1) is 0 Å². The first-order valence-corrected chi connectivity index (χ1v) is 8.32. The topological polar surface area (TPSA) is 53.6 Å². The molecule has 2 fully saturated rings. The van der Waals surface area contributed by atoms with E-state index in [4.69, 9.17) is 4.74 Å². The van der Waals surface area contributed by atoms with Crippen LogP contribution in [0.4, 0.5) is 0 Å². The Morgan fingerprint density at radius 3 is 2.76 bits per heavy atom. The second-order valence-corrected chi connectivity index (χ2v) is 6.78. The lowest BCUT2D eigenvalue weighted by molar-refractivity contribution is -0.124. The van der Waals surface area contributed by atoms with Crippen molar-refractivity contribution in [2.75, 3.05) is 46.9 Å². The minimum Gasteiger partial charge on any atom is -0.377 e. The van der Waals surface area contributed by atoms with Gasteiger partial charge >= 0.3 is 0 Å². The van der Waals surface area contributed by atoms with Gasteiger partial charge in [-0.05, 0) is 65.2 Å². The van der Waals surface area contributed by atoms with Gasteiger partial charge in [0.15, 0.2) is 0 Å². The summed E-state index contributed by atoms with van der Waals surface area (Å²) in [6, 6.07) is 0. The van der Waals surface area contributed by atoms with Crippen LogP contribution in [0.5, 0.6) is 0 Å². The number of amides is 1. The quantitative estimate of drug-likeness (QED) is 0.697. The predicted octanol–water partition coefficient (Wildman–Crippen LogP) is 0.849. The average molecular weight is 297 g/mol. The zero-order valence-corrected chi connectivity index (χ0v) is 13.8. The van der Waals surface area contributed by atoms with E-state index < -0.39 is 0 Å². The minimum atomic E-state index is 0.129. The summed E-state index contributed by atoms with van der Waals surface area (Å²) in [5.41, 5.74) is 0.320. The molecule has 122 valence electrons. The van der Waals surface area contributed by atoms with Gasteiger partial charge in [-0.2, -0.15) is 0 Å². The molecule has 1 spiro atoms. The number of nitrogens with zero attached hydrogens (tertiary/aromatic N) is 1. The van der Waals surface area contributed by atoms with Crippen LogP contribution in [0.25, 0.3) is 0 Å². The molecule has 0 aromatic heterocycles. The Morgan fingerprint density at radius 2 is 2.14 bits per heavy atom. The highest BCUT2D eigenvalue weighted by Gasteiger charge is 2.57. The minimum absolute atomic E-state index is 0.129. The van der Waals surface area contributed by atoms with E-state index in [9.17, 15) is 4.79 Å². The van der Waals surface area contributed by atoms with Crippen molar-refractivity contribution >= 4 is 5.91 Å². The van der Waals surface area contributed by atoms with E-state index in [1.807, 2.05) is 6.92 Å². The maximum atomic E-state index is 12.3. The molecule has 0 aromatic carbocycles. The van der Waals surface area contributed by atoms with Crippen molar-refractivity contribution < 1.29 is 9.53 Å². The molecular weight excluding hydrogens is 266 g/mol. The maximum absolute atomic E-state index is 12.3. The number of rotatable bonds is 8. The fourth-order valence-corrected chi connectivity index (χ4v) is 3.42. The zero-order chi connectivity index (χ0) is 15.3. The summed E-state index contributed by atoms with van der Waals surface area (Å²) in [5.74, 6) is 0.488. The summed E-state index contributed by atoms with van der Waals surface area (Å²) < 4.78 is 5.73. The highest BCUT2D eigenvalue weighted by molar-refractivity contribution is 5.82. The van der Waals surface area contributed by atoms with Crippen molar-refractivity contribution in [3.8, 4) is 0 Å². The number of ether oxygens (including phenoxy) is 1. The van der Waals surface area contributed by atoms with Gasteiger partial charge in [0.25, 0.3) is 0 Å². The van der Waals surface area contributed by atoms with Gasteiger partial charge in [-0.3, -0.25) is 4.79 Å². The normalized spacial score (nSPS) is 25.0. The maximum Gasteiger partial charge on any atom is 0.223 e. The molecule has 1 amide bonds. The van der Waals surface area contributed by atoms with Crippen LogP contribution in [0, 0.1) is 11.3 Å².